The Hall–Kier alpha value is -2.88. The molecule has 0 bridgehead atoms. The summed E-state index contributed by atoms with van der Waals surface area (Å²) in [4.78, 5) is 24.7. The molecule has 2 aliphatic rings. The van der Waals surface area contributed by atoms with Gasteiger partial charge in [0.15, 0.2) is 0 Å². The number of ether oxygens (including phenoxy) is 1. The molecule has 2 heterocycles. The number of esters is 1. The zero-order valence-corrected chi connectivity index (χ0v) is 12.6. The van der Waals surface area contributed by atoms with Crippen molar-refractivity contribution in [3.8, 4) is 0 Å². The molecule has 1 unspecified atom stereocenters. The molecule has 1 atom stereocenters. The molecule has 1 amide bonds. The van der Waals surface area contributed by atoms with E-state index in [0.717, 1.165) is 22.3 Å². The Morgan fingerprint density at radius 3 is 2.57 bits per heavy atom. The summed E-state index contributed by atoms with van der Waals surface area (Å²) in [6, 6.07) is 15.3. The molecule has 2 aromatic carbocycles. The van der Waals surface area contributed by atoms with Gasteiger partial charge in [0.1, 0.15) is 0 Å². The molecule has 0 saturated carbocycles. The van der Waals surface area contributed by atoms with Crippen LogP contribution < -0.4 is 5.32 Å². The van der Waals surface area contributed by atoms with Gasteiger partial charge < -0.3 is 10.1 Å². The Labute approximate surface area is 133 Å². The van der Waals surface area contributed by atoms with Gasteiger partial charge in [0.2, 0.25) is 5.60 Å². The number of amides is 1. The Morgan fingerprint density at radius 1 is 1.04 bits per heavy atom. The van der Waals surface area contributed by atoms with Crippen molar-refractivity contribution < 1.29 is 14.3 Å². The number of fused-ring (bicyclic) bond motifs is 2. The predicted molar refractivity (Wildman–Crippen MR) is 86.6 cm³/mol. The monoisotopic (exact) mass is 305 g/mol. The lowest BCUT2D eigenvalue weighted by Gasteiger charge is -2.31. The van der Waals surface area contributed by atoms with Gasteiger partial charge in [-0.25, -0.2) is 4.79 Å². The molecule has 4 heteroatoms. The van der Waals surface area contributed by atoms with Crippen molar-refractivity contribution >= 4 is 23.1 Å². The third-order valence-electron chi connectivity index (χ3n) is 4.41. The van der Waals surface area contributed by atoms with Crippen LogP contribution in [0, 0.1) is 6.92 Å². The first-order chi connectivity index (χ1) is 11.1. The molecule has 23 heavy (non-hydrogen) atoms. The maximum Gasteiger partial charge on any atom is 0.332 e. The lowest BCUT2D eigenvalue weighted by molar-refractivity contribution is -0.163. The first-order valence-electron chi connectivity index (χ1n) is 7.50. The zero-order chi connectivity index (χ0) is 16.0. The van der Waals surface area contributed by atoms with E-state index in [1.165, 1.54) is 6.08 Å². The van der Waals surface area contributed by atoms with Gasteiger partial charge in [0.25, 0.3) is 5.91 Å². The van der Waals surface area contributed by atoms with Crippen LogP contribution in [0.2, 0.25) is 0 Å². The standard InChI is InChI=1S/C19H15NO3/c1-12-6-8-13(9-7-12)14-10-17(21)23-19(11-14)15-4-2-3-5-16(15)20-18(19)22/h2-10H,11H2,1H3,(H,20,22). The van der Waals surface area contributed by atoms with E-state index < -0.39 is 11.6 Å². The summed E-state index contributed by atoms with van der Waals surface area (Å²) >= 11 is 0. The predicted octanol–water partition coefficient (Wildman–Crippen LogP) is 3.17. The molecule has 0 aliphatic carbocycles. The van der Waals surface area contributed by atoms with Crippen molar-refractivity contribution in [1.29, 1.82) is 0 Å². The minimum Gasteiger partial charge on any atom is -0.440 e. The first kappa shape index (κ1) is 13.8. The second kappa shape index (κ2) is 4.81. The van der Waals surface area contributed by atoms with Crippen molar-refractivity contribution in [2.24, 2.45) is 0 Å². The van der Waals surface area contributed by atoms with Crippen LogP contribution >= 0.6 is 0 Å². The SMILES string of the molecule is Cc1ccc(C2=CC(=O)OC3(C2)C(=O)Nc2ccccc23)cc1. The number of para-hydroxylation sites is 1. The summed E-state index contributed by atoms with van der Waals surface area (Å²) in [5, 5.41) is 2.82. The van der Waals surface area contributed by atoms with Crippen LogP contribution in [0.3, 0.4) is 0 Å². The summed E-state index contributed by atoms with van der Waals surface area (Å²) in [6.45, 7) is 2.01. The molecule has 0 radical (unpaired) electrons. The van der Waals surface area contributed by atoms with Gasteiger partial charge in [0.05, 0.1) is 0 Å². The maximum atomic E-state index is 12.6. The van der Waals surface area contributed by atoms with Gasteiger partial charge in [-0.3, -0.25) is 4.79 Å². The van der Waals surface area contributed by atoms with E-state index in [9.17, 15) is 9.59 Å². The van der Waals surface area contributed by atoms with E-state index in [1.54, 1.807) is 0 Å². The molecule has 1 N–H and O–H groups in total. The van der Waals surface area contributed by atoms with Crippen molar-refractivity contribution in [1.82, 2.24) is 0 Å². The lowest BCUT2D eigenvalue weighted by atomic mass is 9.83. The second-order valence-corrected chi connectivity index (χ2v) is 5.96. The molecule has 114 valence electrons. The summed E-state index contributed by atoms with van der Waals surface area (Å²) in [6.07, 6.45) is 1.81. The van der Waals surface area contributed by atoms with Crippen LogP contribution in [0.5, 0.6) is 0 Å². The van der Waals surface area contributed by atoms with Gasteiger partial charge in [-0.05, 0) is 24.1 Å². The van der Waals surface area contributed by atoms with Crippen LogP contribution in [0.4, 0.5) is 5.69 Å². The average molecular weight is 305 g/mol. The molecule has 0 saturated heterocycles. The Bertz CT molecular complexity index is 851. The van der Waals surface area contributed by atoms with Crippen molar-refractivity contribution in [2.45, 2.75) is 18.9 Å². The quantitative estimate of drug-likeness (QED) is 0.823. The largest absolute Gasteiger partial charge is 0.440 e. The molecule has 0 fully saturated rings. The third kappa shape index (κ3) is 2.06. The molecule has 4 nitrogen and oxygen atoms in total. The minimum absolute atomic E-state index is 0.287. The number of anilines is 1. The second-order valence-electron chi connectivity index (χ2n) is 5.96. The molecule has 0 aromatic heterocycles. The number of benzene rings is 2. The van der Waals surface area contributed by atoms with Crippen LogP contribution in [0.1, 0.15) is 23.1 Å². The molecular formula is C19H15NO3. The van der Waals surface area contributed by atoms with E-state index >= 15 is 0 Å². The van der Waals surface area contributed by atoms with E-state index in [-0.39, 0.29) is 5.91 Å². The molecule has 4 rings (SSSR count). The highest BCUT2D eigenvalue weighted by Crippen LogP contribution is 2.46. The summed E-state index contributed by atoms with van der Waals surface area (Å²) in [5.41, 5.74) is 3.05. The smallest absolute Gasteiger partial charge is 0.332 e. The Kier molecular flexibility index (Phi) is 2.88. The van der Waals surface area contributed by atoms with Crippen LogP contribution in [-0.4, -0.2) is 11.9 Å². The van der Waals surface area contributed by atoms with Gasteiger partial charge in [-0.15, -0.1) is 0 Å². The molecular weight excluding hydrogens is 290 g/mol. The number of hydrogen-bond donors (Lipinski definition) is 1. The summed E-state index contributed by atoms with van der Waals surface area (Å²) in [7, 11) is 0. The summed E-state index contributed by atoms with van der Waals surface area (Å²) < 4.78 is 5.52. The van der Waals surface area contributed by atoms with Crippen LogP contribution in [-0.2, 0) is 19.9 Å². The Balaban J connectivity index is 1.81. The zero-order valence-electron chi connectivity index (χ0n) is 12.6. The summed E-state index contributed by atoms with van der Waals surface area (Å²) in [5.74, 6) is -0.775. The number of hydrogen-bond acceptors (Lipinski definition) is 3. The van der Waals surface area contributed by atoms with E-state index in [0.29, 0.717) is 12.1 Å². The van der Waals surface area contributed by atoms with Crippen molar-refractivity contribution in [2.75, 3.05) is 5.32 Å². The average Bonchev–Trinajstić information content (AvgIpc) is 2.80. The molecule has 1 spiro atoms. The fourth-order valence-electron chi connectivity index (χ4n) is 3.22. The normalized spacial score (nSPS) is 22.4. The van der Waals surface area contributed by atoms with Gasteiger partial charge in [0, 0.05) is 23.7 Å². The Morgan fingerprint density at radius 2 is 1.78 bits per heavy atom. The number of aryl methyl sites for hydroxylation is 1. The number of nitrogens with one attached hydrogen (secondary N) is 1. The lowest BCUT2D eigenvalue weighted by Crippen LogP contribution is -2.41. The van der Waals surface area contributed by atoms with Gasteiger partial charge in [-0.1, -0.05) is 48.0 Å². The highest BCUT2D eigenvalue weighted by atomic mass is 16.6. The third-order valence-corrected chi connectivity index (χ3v) is 4.41. The van der Waals surface area contributed by atoms with Gasteiger partial charge >= 0.3 is 5.97 Å². The van der Waals surface area contributed by atoms with E-state index in [4.69, 9.17) is 4.74 Å². The van der Waals surface area contributed by atoms with E-state index in [2.05, 4.69) is 5.32 Å². The van der Waals surface area contributed by atoms with Crippen LogP contribution in [0.25, 0.3) is 5.57 Å². The highest BCUT2D eigenvalue weighted by Gasteiger charge is 2.52. The van der Waals surface area contributed by atoms with Crippen molar-refractivity contribution in [3.63, 3.8) is 0 Å². The fourth-order valence-corrected chi connectivity index (χ4v) is 3.22. The minimum atomic E-state index is -1.26. The molecule has 2 aromatic rings. The number of rotatable bonds is 1. The number of carbonyl (C=O) groups excluding carboxylic acids is 2. The van der Waals surface area contributed by atoms with Crippen LogP contribution in [0.15, 0.2) is 54.6 Å². The molecule has 2 aliphatic heterocycles. The highest BCUT2D eigenvalue weighted by molar-refractivity contribution is 6.09. The van der Waals surface area contributed by atoms with E-state index in [1.807, 2.05) is 55.5 Å². The van der Waals surface area contributed by atoms with Gasteiger partial charge in [-0.2, -0.15) is 0 Å². The van der Waals surface area contributed by atoms with Crippen molar-refractivity contribution in [3.05, 3.63) is 71.3 Å². The topological polar surface area (TPSA) is 55.4 Å². The first-order valence-corrected chi connectivity index (χ1v) is 7.50. The number of carbonyl (C=O) groups is 2. The maximum absolute atomic E-state index is 12.6. The fraction of sp³-hybridized carbons (Fsp3) is 0.158.